The molecule has 34 heavy (non-hydrogen) atoms. The molecule has 0 fully saturated rings. The second kappa shape index (κ2) is 10.2. The van der Waals surface area contributed by atoms with Gasteiger partial charge in [0.25, 0.3) is 18.8 Å². The van der Waals surface area contributed by atoms with Crippen LogP contribution in [-0.4, -0.2) is 41.8 Å². The monoisotopic (exact) mass is 483 g/mol. The number of aromatic nitrogens is 2. The molecule has 2 heterocycles. The lowest BCUT2D eigenvalue weighted by molar-refractivity contribution is 0.0598. The van der Waals surface area contributed by atoms with Gasteiger partial charge in [-0.25, -0.2) is 27.2 Å². The highest BCUT2D eigenvalue weighted by Gasteiger charge is 2.22. The van der Waals surface area contributed by atoms with Gasteiger partial charge in [0.05, 0.1) is 31.9 Å². The van der Waals surface area contributed by atoms with Crippen LogP contribution >= 0.6 is 0 Å². The topological polar surface area (TPSA) is 113 Å². The van der Waals surface area contributed by atoms with E-state index in [1.165, 1.54) is 30.3 Å². The van der Waals surface area contributed by atoms with E-state index in [1.807, 2.05) is 0 Å². The third kappa shape index (κ3) is 5.42. The Kier molecular flexibility index (Phi) is 7.34. The number of furan rings is 1. The molecule has 180 valence electrons. The fraction of sp³-hybridized carbons (Fsp3) is 0.238. The Labute approximate surface area is 189 Å². The molecule has 0 unspecified atom stereocenters. The van der Waals surface area contributed by atoms with E-state index in [-0.39, 0.29) is 28.3 Å². The van der Waals surface area contributed by atoms with Crippen molar-refractivity contribution in [1.82, 2.24) is 9.78 Å². The van der Waals surface area contributed by atoms with Crippen molar-refractivity contribution >= 4 is 23.5 Å². The van der Waals surface area contributed by atoms with Crippen molar-refractivity contribution in [3.8, 4) is 0 Å². The summed E-state index contributed by atoms with van der Waals surface area (Å²) in [7, 11) is 2.28. The van der Waals surface area contributed by atoms with Crippen LogP contribution in [0.5, 0.6) is 0 Å². The van der Waals surface area contributed by atoms with Crippen molar-refractivity contribution in [2.24, 2.45) is 0 Å². The van der Waals surface area contributed by atoms with Crippen LogP contribution in [0.15, 0.2) is 40.8 Å². The Balaban J connectivity index is 1.81. The van der Waals surface area contributed by atoms with Gasteiger partial charge in [0, 0.05) is 5.69 Å². The normalized spacial score (nSPS) is 11.1. The summed E-state index contributed by atoms with van der Waals surface area (Å²) in [5, 5.41) is 5.89. The lowest BCUT2D eigenvalue weighted by atomic mass is 10.1. The second-order valence-electron chi connectivity index (χ2n) is 6.76. The van der Waals surface area contributed by atoms with Crippen LogP contribution in [0.4, 0.5) is 23.2 Å². The number of anilines is 1. The number of benzene rings is 1. The van der Waals surface area contributed by atoms with E-state index < -0.39 is 48.6 Å². The number of nitrogens with one attached hydrogen (secondary N) is 1. The molecule has 0 radical (unpaired) electrons. The molecule has 3 aromatic rings. The predicted molar refractivity (Wildman–Crippen MR) is 107 cm³/mol. The molecule has 0 saturated carbocycles. The minimum atomic E-state index is -3.05. The van der Waals surface area contributed by atoms with E-state index in [2.05, 4.69) is 19.9 Å². The highest BCUT2D eigenvalue weighted by Crippen LogP contribution is 2.26. The lowest BCUT2D eigenvalue weighted by Crippen LogP contribution is -2.14. The number of methoxy groups -OCH3 is 2. The van der Waals surface area contributed by atoms with Gasteiger partial charge >= 0.3 is 11.9 Å². The van der Waals surface area contributed by atoms with Gasteiger partial charge in [-0.05, 0) is 36.4 Å². The number of alkyl halides is 4. The Morgan fingerprint density at radius 1 is 0.971 bits per heavy atom. The smallest absolute Gasteiger partial charge is 0.337 e. The molecule has 0 aliphatic rings. The molecular weight excluding hydrogens is 466 g/mol. The zero-order valence-corrected chi connectivity index (χ0v) is 17.7. The van der Waals surface area contributed by atoms with Crippen molar-refractivity contribution in [2.75, 3.05) is 19.5 Å². The number of halogens is 4. The van der Waals surface area contributed by atoms with Gasteiger partial charge in [-0.15, -0.1) is 0 Å². The van der Waals surface area contributed by atoms with Crippen LogP contribution in [0.3, 0.4) is 0 Å². The fourth-order valence-electron chi connectivity index (χ4n) is 2.96. The number of carbonyl (C=O) groups excluding carboxylic acids is 3. The summed E-state index contributed by atoms with van der Waals surface area (Å²) in [6.45, 7) is -0.427. The van der Waals surface area contributed by atoms with Crippen molar-refractivity contribution < 1.29 is 45.8 Å². The molecule has 2 aromatic heterocycles. The summed E-state index contributed by atoms with van der Waals surface area (Å²) in [6, 6.07) is 6.85. The Bertz CT molecular complexity index is 1190. The van der Waals surface area contributed by atoms with Crippen molar-refractivity contribution in [3.05, 3.63) is 70.4 Å². The molecule has 9 nitrogen and oxygen atoms in total. The number of amides is 1. The number of hydrogen-bond donors (Lipinski definition) is 1. The maximum Gasteiger partial charge on any atom is 0.337 e. The van der Waals surface area contributed by atoms with E-state index in [1.54, 1.807) is 0 Å². The average molecular weight is 483 g/mol. The van der Waals surface area contributed by atoms with E-state index in [9.17, 15) is 31.9 Å². The average Bonchev–Trinajstić information content (AvgIpc) is 3.45. The Morgan fingerprint density at radius 2 is 1.59 bits per heavy atom. The van der Waals surface area contributed by atoms with Gasteiger partial charge < -0.3 is 19.2 Å². The molecule has 1 amide bonds. The third-order valence-corrected chi connectivity index (χ3v) is 4.50. The van der Waals surface area contributed by atoms with Gasteiger partial charge in [0.15, 0.2) is 5.76 Å². The number of nitrogens with zero attached hydrogens (tertiary/aromatic N) is 2. The second-order valence-corrected chi connectivity index (χ2v) is 6.76. The van der Waals surface area contributed by atoms with Gasteiger partial charge in [-0.1, -0.05) is 0 Å². The minimum Gasteiger partial charge on any atom is -0.465 e. The number of rotatable bonds is 8. The van der Waals surface area contributed by atoms with Crippen LogP contribution in [0.25, 0.3) is 0 Å². The van der Waals surface area contributed by atoms with E-state index in [0.29, 0.717) is 10.7 Å². The van der Waals surface area contributed by atoms with Crippen LogP contribution in [0.2, 0.25) is 0 Å². The Hall–Kier alpha value is -4.16. The first-order valence-electron chi connectivity index (χ1n) is 9.48. The summed E-state index contributed by atoms with van der Waals surface area (Å²) < 4.78 is 67.2. The van der Waals surface area contributed by atoms with E-state index >= 15 is 0 Å². The standard InChI is InChI=1S/C21H17F4N3O6/c1-32-20(30)10-5-11(21(31)33-2)7-12(6-10)26-19(29)16-4-3-13(34-16)9-28-15(18(24)25)8-14(27-28)17(22)23/h3-8,17-18H,9H2,1-2H3,(H,26,29). The van der Waals surface area contributed by atoms with Crippen LogP contribution in [0, 0.1) is 0 Å². The largest absolute Gasteiger partial charge is 0.465 e. The quantitative estimate of drug-likeness (QED) is 0.377. The third-order valence-electron chi connectivity index (χ3n) is 4.50. The van der Waals surface area contributed by atoms with Gasteiger partial charge in [0.1, 0.15) is 17.1 Å². The molecule has 1 aromatic carbocycles. The summed E-state index contributed by atoms with van der Waals surface area (Å²) >= 11 is 0. The summed E-state index contributed by atoms with van der Waals surface area (Å²) in [4.78, 5) is 36.3. The molecule has 0 saturated heterocycles. The molecule has 3 rings (SSSR count). The first-order chi connectivity index (χ1) is 16.1. The highest BCUT2D eigenvalue weighted by atomic mass is 19.3. The van der Waals surface area contributed by atoms with Crippen molar-refractivity contribution in [2.45, 2.75) is 19.4 Å². The van der Waals surface area contributed by atoms with Crippen LogP contribution < -0.4 is 5.32 Å². The molecule has 0 spiro atoms. The molecule has 13 heteroatoms. The molecular formula is C21H17F4N3O6. The van der Waals surface area contributed by atoms with Crippen LogP contribution in [0.1, 0.15) is 61.3 Å². The molecule has 0 aliphatic heterocycles. The fourth-order valence-corrected chi connectivity index (χ4v) is 2.96. The molecule has 0 aliphatic carbocycles. The number of ether oxygens (including phenoxy) is 2. The Morgan fingerprint density at radius 3 is 2.12 bits per heavy atom. The number of hydrogen-bond acceptors (Lipinski definition) is 7. The van der Waals surface area contributed by atoms with Crippen molar-refractivity contribution in [1.29, 1.82) is 0 Å². The SMILES string of the molecule is COC(=O)c1cc(NC(=O)c2ccc(Cn3nc(C(F)F)cc3C(F)F)o2)cc(C(=O)OC)c1. The maximum atomic E-state index is 13.1. The summed E-state index contributed by atoms with van der Waals surface area (Å²) in [5.74, 6) is -2.59. The summed E-state index contributed by atoms with van der Waals surface area (Å²) in [5.41, 5.74) is -1.57. The first-order valence-corrected chi connectivity index (χ1v) is 9.48. The van der Waals surface area contributed by atoms with E-state index in [4.69, 9.17) is 4.42 Å². The zero-order valence-electron chi connectivity index (χ0n) is 17.7. The van der Waals surface area contributed by atoms with Crippen LogP contribution in [-0.2, 0) is 16.0 Å². The molecule has 0 bridgehead atoms. The maximum absolute atomic E-state index is 13.1. The first kappa shape index (κ1) is 24.5. The molecule has 1 N–H and O–H groups in total. The summed E-state index contributed by atoms with van der Waals surface area (Å²) in [6.07, 6.45) is -6.09. The highest BCUT2D eigenvalue weighted by molar-refractivity contribution is 6.04. The number of esters is 2. The lowest BCUT2D eigenvalue weighted by Gasteiger charge is -2.09. The van der Waals surface area contributed by atoms with Gasteiger partial charge in [-0.3, -0.25) is 9.48 Å². The van der Waals surface area contributed by atoms with Gasteiger partial charge in [-0.2, -0.15) is 5.10 Å². The molecule has 0 atom stereocenters. The van der Waals surface area contributed by atoms with Crippen molar-refractivity contribution in [3.63, 3.8) is 0 Å². The number of carbonyl (C=O) groups is 3. The zero-order chi connectivity index (χ0) is 25.0. The van der Waals surface area contributed by atoms with Gasteiger partial charge in [0.2, 0.25) is 0 Å². The minimum absolute atomic E-state index is 0.00507. The van der Waals surface area contributed by atoms with E-state index in [0.717, 1.165) is 14.2 Å². The predicted octanol–water partition coefficient (Wildman–Crippen LogP) is 4.23.